The number of piperazine rings is 1. The summed E-state index contributed by atoms with van der Waals surface area (Å²) in [6.45, 7) is 6.93. The average Bonchev–Trinajstić information content (AvgIpc) is 2.48. The Hall–Kier alpha value is -2.31. The second-order valence-electron chi connectivity index (χ2n) is 5.64. The van der Waals surface area contributed by atoms with Crippen LogP contribution in [0.2, 0.25) is 0 Å². The van der Waals surface area contributed by atoms with E-state index in [4.69, 9.17) is 4.74 Å². The molecule has 1 heterocycles. The minimum Gasteiger partial charge on any atom is -0.490 e. The third kappa shape index (κ3) is 2.98. The van der Waals surface area contributed by atoms with Crippen molar-refractivity contribution in [1.82, 2.24) is 4.90 Å². The average molecular weight is 307 g/mol. The molecule has 120 valence electrons. The van der Waals surface area contributed by atoms with Gasteiger partial charge >= 0.3 is 5.69 Å². The van der Waals surface area contributed by atoms with Gasteiger partial charge in [-0.15, -0.1) is 0 Å². The second kappa shape index (κ2) is 6.21. The van der Waals surface area contributed by atoms with E-state index in [1.54, 1.807) is 19.1 Å². The predicted molar refractivity (Wildman–Crippen MR) is 83.3 cm³/mol. The summed E-state index contributed by atoms with van der Waals surface area (Å²) in [4.78, 5) is 26.1. The molecule has 7 nitrogen and oxygen atoms in total. The van der Waals surface area contributed by atoms with Crippen molar-refractivity contribution < 1.29 is 14.5 Å². The number of carbonyl (C=O) groups excluding carboxylic acids is 1. The van der Waals surface area contributed by atoms with Crippen LogP contribution in [0.5, 0.6) is 5.75 Å². The Labute approximate surface area is 129 Å². The normalized spacial score (nSPS) is 21.6. The number of nitro groups is 1. The van der Waals surface area contributed by atoms with E-state index in [9.17, 15) is 14.9 Å². The maximum atomic E-state index is 11.6. The number of carbonyl (C=O) groups is 1. The van der Waals surface area contributed by atoms with Crippen molar-refractivity contribution in [1.29, 1.82) is 0 Å². The first-order chi connectivity index (χ1) is 10.3. The Bertz CT molecular complexity index is 590. The zero-order valence-corrected chi connectivity index (χ0v) is 13.3. The zero-order valence-electron chi connectivity index (χ0n) is 13.3. The highest BCUT2D eigenvalue weighted by molar-refractivity contribution is 5.74. The van der Waals surface area contributed by atoms with Crippen LogP contribution in [0.15, 0.2) is 18.2 Å². The number of ether oxygens (including phenoxy) is 1. The van der Waals surface area contributed by atoms with Gasteiger partial charge in [-0.3, -0.25) is 14.9 Å². The van der Waals surface area contributed by atoms with Gasteiger partial charge in [0.2, 0.25) is 5.91 Å². The van der Waals surface area contributed by atoms with E-state index in [1.165, 1.54) is 13.2 Å². The number of hydrogen-bond donors (Lipinski definition) is 0. The second-order valence-corrected chi connectivity index (χ2v) is 5.64. The molecule has 0 bridgehead atoms. The van der Waals surface area contributed by atoms with Crippen LogP contribution < -0.4 is 9.64 Å². The third-order valence-electron chi connectivity index (χ3n) is 4.08. The molecule has 1 aliphatic heterocycles. The first-order valence-corrected chi connectivity index (χ1v) is 7.21. The van der Waals surface area contributed by atoms with Gasteiger partial charge in [0.25, 0.3) is 0 Å². The van der Waals surface area contributed by atoms with Gasteiger partial charge in [0.05, 0.1) is 12.0 Å². The van der Waals surface area contributed by atoms with Crippen molar-refractivity contribution in [3.05, 3.63) is 28.3 Å². The molecule has 2 atom stereocenters. The lowest BCUT2D eigenvalue weighted by molar-refractivity contribution is -0.385. The van der Waals surface area contributed by atoms with Gasteiger partial charge in [0.1, 0.15) is 0 Å². The van der Waals surface area contributed by atoms with Gasteiger partial charge in [-0.1, -0.05) is 0 Å². The van der Waals surface area contributed by atoms with Crippen LogP contribution in [0, 0.1) is 10.1 Å². The Balaban J connectivity index is 2.28. The Morgan fingerprint density at radius 2 is 2.00 bits per heavy atom. The maximum Gasteiger partial charge on any atom is 0.311 e. The summed E-state index contributed by atoms with van der Waals surface area (Å²) in [7, 11) is 1.42. The van der Waals surface area contributed by atoms with Gasteiger partial charge in [0.15, 0.2) is 5.75 Å². The quantitative estimate of drug-likeness (QED) is 0.631. The number of anilines is 1. The van der Waals surface area contributed by atoms with Gasteiger partial charge < -0.3 is 14.5 Å². The van der Waals surface area contributed by atoms with Crippen LogP contribution >= 0.6 is 0 Å². The Morgan fingerprint density at radius 3 is 2.55 bits per heavy atom. The summed E-state index contributed by atoms with van der Waals surface area (Å²) in [6.07, 6.45) is 0. The molecular formula is C15H21N3O4. The fraction of sp³-hybridized carbons (Fsp3) is 0.533. The molecule has 22 heavy (non-hydrogen) atoms. The zero-order chi connectivity index (χ0) is 16.4. The summed E-state index contributed by atoms with van der Waals surface area (Å²) in [5.74, 6) is 0.316. The van der Waals surface area contributed by atoms with E-state index >= 15 is 0 Å². The fourth-order valence-electron chi connectivity index (χ4n) is 2.92. The molecule has 7 heteroatoms. The van der Waals surface area contributed by atoms with Crippen LogP contribution in [0.3, 0.4) is 0 Å². The van der Waals surface area contributed by atoms with Crippen LogP contribution in [-0.2, 0) is 4.79 Å². The lowest BCUT2D eigenvalue weighted by Crippen LogP contribution is -2.57. The summed E-state index contributed by atoms with van der Waals surface area (Å²) in [6, 6.07) is 5.10. The molecule has 1 fully saturated rings. The largest absolute Gasteiger partial charge is 0.490 e. The van der Waals surface area contributed by atoms with E-state index in [-0.39, 0.29) is 29.4 Å². The minimum atomic E-state index is -0.456. The van der Waals surface area contributed by atoms with E-state index in [0.717, 1.165) is 5.69 Å². The smallest absolute Gasteiger partial charge is 0.311 e. The summed E-state index contributed by atoms with van der Waals surface area (Å²) in [5, 5.41) is 11.0. The monoisotopic (exact) mass is 307 g/mol. The number of nitro benzene ring substituents is 1. The number of nitrogens with zero attached hydrogens (tertiary/aromatic N) is 3. The van der Waals surface area contributed by atoms with Crippen LogP contribution in [0.25, 0.3) is 0 Å². The predicted octanol–water partition coefficient (Wildman–Crippen LogP) is 2.05. The Morgan fingerprint density at radius 1 is 1.32 bits per heavy atom. The summed E-state index contributed by atoms with van der Waals surface area (Å²) in [5.41, 5.74) is 0.819. The molecule has 2 rings (SSSR count). The SMILES string of the molecule is COc1cc(N2CC(C)N(C(C)=O)CC2C)ccc1[N+](=O)[O-]. The third-order valence-corrected chi connectivity index (χ3v) is 4.08. The highest BCUT2D eigenvalue weighted by Gasteiger charge is 2.31. The number of hydrogen-bond acceptors (Lipinski definition) is 5. The van der Waals surface area contributed by atoms with Crippen molar-refractivity contribution in [2.45, 2.75) is 32.9 Å². The lowest BCUT2D eigenvalue weighted by Gasteiger charge is -2.45. The van der Waals surface area contributed by atoms with Crippen LogP contribution in [0.4, 0.5) is 11.4 Å². The number of rotatable bonds is 3. The van der Waals surface area contributed by atoms with E-state index in [1.807, 2.05) is 18.7 Å². The van der Waals surface area contributed by atoms with Gasteiger partial charge in [-0.2, -0.15) is 0 Å². The number of benzene rings is 1. The number of methoxy groups -OCH3 is 1. The standard InChI is InChI=1S/C15H21N3O4/c1-10-9-17(11(2)8-16(10)12(3)19)13-5-6-14(18(20)21)15(7-13)22-4/h5-7,10-11H,8-9H2,1-4H3. The van der Waals surface area contributed by atoms with Crippen molar-refractivity contribution in [3.63, 3.8) is 0 Å². The first-order valence-electron chi connectivity index (χ1n) is 7.21. The summed E-state index contributed by atoms with van der Waals surface area (Å²) >= 11 is 0. The molecule has 0 radical (unpaired) electrons. The topological polar surface area (TPSA) is 75.9 Å². The molecule has 1 aliphatic rings. The molecule has 1 aromatic rings. The highest BCUT2D eigenvalue weighted by Crippen LogP contribution is 2.33. The van der Waals surface area contributed by atoms with E-state index in [2.05, 4.69) is 4.90 Å². The molecule has 1 saturated heterocycles. The number of amides is 1. The fourth-order valence-corrected chi connectivity index (χ4v) is 2.92. The van der Waals surface area contributed by atoms with Gasteiger partial charge in [0, 0.05) is 49.9 Å². The molecule has 0 aromatic heterocycles. The maximum absolute atomic E-state index is 11.6. The van der Waals surface area contributed by atoms with E-state index in [0.29, 0.717) is 13.1 Å². The molecule has 0 N–H and O–H groups in total. The van der Waals surface area contributed by atoms with Gasteiger partial charge in [-0.25, -0.2) is 0 Å². The minimum absolute atomic E-state index is 0.0469. The van der Waals surface area contributed by atoms with Gasteiger partial charge in [-0.05, 0) is 19.9 Å². The van der Waals surface area contributed by atoms with Crippen LogP contribution in [0.1, 0.15) is 20.8 Å². The van der Waals surface area contributed by atoms with Crippen molar-refractivity contribution in [3.8, 4) is 5.75 Å². The van der Waals surface area contributed by atoms with Crippen molar-refractivity contribution in [2.75, 3.05) is 25.1 Å². The van der Waals surface area contributed by atoms with Crippen molar-refractivity contribution >= 4 is 17.3 Å². The Kier molecular flexibility index (Phi) is 4.54. The summed E-state index contributed by atoms with van der Waals surface area (Å²) < 4.78 is 5.13. The highest BCUT2D eigenvalue weighted by atomic mass is 16.6. The molecule has 0 spiro atoms. The van der Waals surface area contributed by atoms with Crippen molar-refractivity contribution in [2.24, 2.45) is 0 Å². The molecule has 0 aliphatic carbocycles. The molecule has 0 saturated carbocycles. The molecular weight excluding hydrogens is 286 g/mol. The molecule has 1 amide bonds. The molecule has 1 aromatic carbocycles. The first kappa shape index (κ1) is 16.1. The van der Waals surface area contributed by atoms with E-state index < -0.39 is 4.92 Å². The van der Waals surface area contributed by atoms with Crippen LogP contribution in [-0.4, -0.2) is 48.0 Å². The lowest BCUT2D eigenvalue weighted by atomic mass is 10.1. The molecule has 2 unspecified atom stereocenters.